The molecule has 1 aromatic carbocycles. The van der Waals surface area contributed by atoms with Crippen LogP contribution in [0.3, 0.4) is 0 Å². The van der Waals surface area contributed by atoms with E-state index >= 15 is 0 Å². The van der Waals surface area contributed by atoms with Gasteiger partial charge in [0.25, 0.3) is 5.91 Å². The van der Waals surface area contributed by atoms with Crippen molar-refractivity contribution in [1.82, 2.24) is 5.32 Å². The number of nitriles is 1. The molecule has 0 bridgehead atoms. The van der Waals surface area contributed by atoms with Crippen LogP contribution in [0, 0.1) is 17.1 Å². The van der Waals surface area contributed by atoms with Crippen LogP contribution in [-0.4, -0.2) is 18.1 Å². The number of hydrogen-bond donors (Lipinski definition) is 1. The monoisotopic (exact) mass is 250 g/mol. The predicted octanol–water partition coefficient (Wildman–Crippen LogP) is 1.99. The Kier molecular flexibility index (Phi) is 4.27. The molecular formula is C13H15FN2O2. The molecule has 0 radical (unpaired) electrons. The van der Waals surface area contributed by atoms with Gasteiger partial charge in [-0.05, 0) is 32.9 Å². The van der Waals surface area contributed by atoms with Gasteiger partial charge in [-0.3, -0.25) is 4.79 Å². The molecule has 1 aromatic rings. The summed E-state index contributed by atoms with van der Waals surface area (Å²) in [5.41, 5.74) is -0.554. The van der Waals surface area contributed by atoms with Crippen molar-refractivity contribution in [2.45, 2.75) is 26.3 Å². The van der Waals surface area contributed by atoms with Crippen molar-refractivity contribution in [3.05, 3.63) is 29.6 Å². The normalized spacial score (nSPS) is 10.6. The molecule has 0 heterocycles. The number of hydrogen-bond acceptors (Lipinski definition) is 3. The third-order valence-electron chi connectivity index (χ3n) is 1.96. The second-order valence-electron chi connectivity index (χ2n) is 4.81. The van der Waals surface area contributed by atoms with Crippen LogP contribution in [0.15, 0.2) is 18.2 Å². The fourth-order valence-corrected chi connectivity index (χ4v) is 1.33. The summed E-state index contributed by atoms with van der Waals surface area (Å²) in [6.07, 6.45) is 0. The van der Waals surface area contributed by atoms with Crippen molar-refractivity contribution < 1.29 is 13.9 Å². The highest BCUT2D eigenvalue weighted by molar-refractivity contribution is 5.78. The van der Waals surface area contributed by atoms with Gasteiger partial charge in [-0.15, -0.1) is 0 Å². The summed E-state index contributed by atoms with van der Waals surface area (Å²) in [5, 5.41) is 11.5. The van der Waals surface area contributed by atoms with Crippen LogP contribution in [0.25, 0.3) is 0 Å². The molecule has 5 heteroatoms. The Morgan fingerprint density at radius 1 is 1.50 bits per heavy atom. The predicted molar refractivity (Wildman–Crippen MR) is 64.5 cm³/mol. The summed E-state index contributed by atoms with van der Waals surface area (Å²) in [7, 11) is 0. The smallest absolute Gasteiger partial charge is 0.258 e. The molecule has 0 spiro atoms. The van der Waals surface area contributed by atoms with Gasteiger partial charge in [0.2, 0.25) is 0 Å². The molecule has 0 unspecified atom stereocenters. The number of ether oxygens (including phenoxy) is 1. The fourth-order valence-electron chi connectivity index (χ4n) is 1.33. The van der Waals surface area contributed by atoms with E-state index in [1.54, 1.807) is 6.07 Å². The first-order valence-electron chi connectivity index (χ1n) is 5.46. The molecule has 0 atom stereocenters. The number of amides is 1. The number of halogens is 1. The molecule has 0 fully saturated rings. The van der Waals surface area contributed by atoms with E-state index in [4.69, 9.17) is 10.00 Å². The second kappa shape index (κ2) is 5.50. The summed E-state index contributed by atoms with van der Waals surface area (Å²) < 4.78 is 18.4. The molecule has 1 amide bonds. The Labute approximate surface area is 105 Å². The molecular weight excluding hydrogens is 235 g/mol. The number of carbonyl (C=O) groups excluding carboxylic acids is 1. The van der Waals surface area contributed by atoms with Gasteiger partial charge in [0, 0.05) is 5.54 Å². The number of nitrogens with one attached hydrogen (secondary N) is 1. The van der Waals surface area contributed by atoms with E-state index < -0.39 is 5.82 Å². The quantitative estimate of drug-likeness (QED) is 0.892. The molecule has 96 valence electrons. The average molecular weight is 250 g/mol. The molecule has 18 heavy (non-hydrogen) atoms. The number of carbonyl (C=O) groups is 1. The highest BCUT2D eigenvalue weighted by Crippen LogP contribution is 2.20. The first-order valence-corrected chi connectivity index (χ1v) is 5.46. The van der Waals surface area contributed by atoms with Crippen molar-refractivity contribution in [3.8, 4) is 11.8 Å². The van der Waals surface area contributed by atoms with Gasteiger partial charge in [0.15, 0.2) is 6.61 Å². The first kappa shape index (κ1) is 14.0. The Balaban J connectivity index is 2.68. The molecule has 0 aromatic heterocycles. The molecule has 1 rings (SSSR count). The Hall–Kier alpha value is -2.09. The van der Waals surface area contributed by atoms with Gasteiger partial charge in [0.1, 0.15) is 23.2 Å². The molecule has 0 aliphatic rings. The van der Waals surface area contributed by atoms with E-state index in [1.807, 2.05) is 20.8 Å². The van der Waals surface area contributed by atoms with E-state index in [0.29, 0.717) is 0 Å². The van der Waals surface area contributed by atoms with Crippen molar-refractivity contribution in [1.29, 1.82) is 5.26 Å². The van der Waals surface area contributed by atoms with Crippen LogP contribution >= 0.6 is 0 Å². The highest BCUT2D eigenvalue weighted by atomic mass is 19.1. The maximum Gasteiger partial charge on any atom is 0.258 e. The largest absolute Gasteiger partial charge is 0.482 e. The number of benzene rings is 1. The molecule has 1 N–H and O–H groups in total. The molecule has 0 saturated carbocycles. The third-order valence-corrected chi connectivity index (χ3v) is 1.96. The summed E-state index contributed by atoms with van der Waals surface area (Å²) >= 11 is 0. The zero-order valence-electron chi connectivity index (χ0n) is 10.6. The second-order valence-corrected chi connectivity index (χ2v) is 4.81. The Bertz CT molecular complexity index is 487. The van der Waals surface area contributed by atoms with Gasteiger partial charge in [-0.25, -0.2) is 4.39 Å². The minimum absolute atomic E-state index is 0.0709. The van der Waals surface area contributed by atoms with E-state index in [9.17, 15) is 9.18 Å². The Morgan fingerprint density at radius 2 is 2.17 bits per heavy atom. The standard InChI is InChI=1S/C13H15FN2O2/c1-13(2,3)16-12(17)8-18-11-6-4-5-10(14)9(11)7-15/h4-6H,8H2,1-3H3,(H,16,17). The third kappa shape index (κ3) is 4.06. The molecule has 0 aliphatic carbocycles. The molecule has 4 nitrogen and oxygen atoms in total. The van der Waals surface area contributed by atoms with Gasteiger partial charge < -0.3 is 10.1 Å². The average Bonchev–Trinajstić information content (AvgIpc) is 2.24. The molecule has 0 saturated heterocycles. The minimum atomic E-state index is -0.661. The lowest BCUT2D eigenvalue weighted by Crippen LogP contribution is -2.43. The van der Waals surface area contributed by atoms with Crippen LogP contribution in [0.5, 0.6) is 5.75 Å². The summed E-state index contributed by atoms with van der Waals surface area (Å²) in [4.78, 5) is 11.5. The Morgan fingerprint density at radius 3 is 2.72 bits per heavy atom. The zero-order chi connectivity index (χ0) is 13.8. The molecule has 0 aliphatic heterocycles. The van der Waals surface area contributed by atoms with Crippen LogP contribution in [0.2, 0.25) is 0 Å². The van der Waals surface area contributed by atoms with Gasteiger partial charge >= 0.3 is 0 Å². The van der Waals surface area contributed by atoms with Crippen molar-refractivity contribution >= 4 is 5.91 Å². The number of rotatable bonds is 3. The van der Waals surface area contributed by atoms with Crippen LogP contribution in [0.4, 0.5) is 4.39 Å². The highest BCUT2D eigenvalue weighted by Gasteiger charge is 2.15. The lowest BCUT2D eigenvalue weighted by Gasteiger charge is -2.20. The van der Waals surface area contributed by atoms with Gasteiger partial charge in [-0.1, -0.05) is 6.07 Å². The SMILES string of the molecule is CC(C)(C)NC(=O)COc1cccc(F)c1C#N. The maximum absolute atomic E-state index is 13.2. The van der Waals surface area contributed by atoms with Crippen LogP contribution in [0.1, 0.15) is 26.3 Å². The van der Waals surface area contributed by atoms with E-state index in [-0.39, 0.29) is 29.4 Å². The van der Waals surface area contributed by atoms with Crippen molar-refractivity contribution in [2.24, 2.45) is 0 Å². The van der Waals surface area contributed by atoms with Crippen LogP contribution in [-0.2, 0) is 4.79 Å². The summed E-state index contributed by atoms with van der Waals surface area (Å²) in [6.45, 7) is 5.27. The van der Waals surface area contributed by atoms with Crippen molar-refractivity contribution in [3.63, 3.8) is 0 Å². The van der Waals surface area contributed by atoms with Crippen LogP contribution < -0.4 is 10.1 Å². The zero-order valence-corrected chi connectivity index (χ0v) is 10.6. The lowest BCUT2D eigenvalue weighted by molar-refractivity contribution is -0.124. The van der Waals surface area contributed by atoms with Gasteiger partial charge in [0.05, 0.1) is 0 Å². The summed E-state index contributed by atoms with van der Waals surface area (Å²) in [5.74, 6) is -0.913. The number of nitrogens with zero attached hydrogens (tertiary/aromatic N) is 1. The lowest BCUT2D eigenvalue weighted by atomic mass is 10.1. The topological polar surface area (TPSA) is 62.1 Å². The van der Waals surface area contributed by atoms with Crippen molar-refractivity contribution in [2.75, 3.05) is 6.61 Å². The van der Waals surface area contributed by atoms with E-state index in [0.717, 1.165) is 0 Å². The van der Waals surface area contributed by atoms with Gasteiger partial charge in [-0.2, -0.15) is 5.26 Å². The van der Waals surface area contributed by atoms with E-state index in [1.165, 1.54) is 18.2 Å². The summed E-state index contributed by atoms with van der Waals surface area (Å²) in [6, 6.07) is 5.75. The van der Waals surface area contributed by atoms with E-state index in [2.05, 4.69) is 5.32 Å². The minimum Gasteiger partial charge on any atom is -0.482 e. The maximum atomic E-state index is 13.2. The fraction of sp³-hybridized carbons (Fsp3) is 0.385. The first-order chi connectivity index (χ1) is 8.33.